The normalized spacial score (nSPS) is 21.1. The van der Waals surface area contributed by atoms with E-state index in [4.69, 9.17) is 25.5 Å². The molecule has 1 aromatic carbocycles. The Hall–Kier alpha value is -1.65. The molecule has 1 aliphatic heterocycles. The number of likely N-dealkylation sites (tertiary alicyclic amines) is 1. The summed E-state index contributed by atoms with van der Waals surface area (Å²) >= 11 is 6.94. The third-order valence-corrected chi connectivity index (χ3v) is 7.99. The van der Waals surface area contributed by atoms with Gasteiger partial charge in [-0.05, 0) is 82.3 Å². The molecule has 1 amide bonds. The van der Waals surface area contributed by atoms with Crippen molar-refractivity contribution >= 4 is 55.4 Å². The number of hydrogen-bond donors (Lipinski definition) is 3. The summed E-state index contributed by atoms with van der Waals surface area (Å²) in [5.41, 5.74) is 7.72. The molecule has 2 aliphatic rings. The quantitative estimate of drug-likeness (QED) is 0.379. The first-order valence-corrected chi connectivity index (χ1v) is 11.9. The van der Waals surface area contributed by atoms with E-state index in [1.54, 1.807) is 0 Å². The van der Waals surface area contributed by atoms with Crippen LogP contribution in [0.15, 0.2) is 21.1 Å². The number of carboxylic acid groups (broad SMARTS) is 2. The first-order chi connectivity index (χ1) is 14.6. The highest BCUT2D eigenvalue weighted by Crippen LogP contribution is 2.33. The van der Waals surface area contributed by atoms with Gasteiger partial charge in [-0.3, -0.25) is 9.69 Å². The van der Waals surface area contributed by atoms with Gasteiger partial charge in [0.15, 0.2) is 0 Å². The lowest BCUT2D eigenvalue weighted by atomic mass is 9.88. The van der Waals surface area contributed by atoms with E-state index in [2.05, 4.69) is 36.8 Å². The molecule has 0 spiro atoms. The van der Waals surface area contributed by atoms with Crippen LogP contribution in [0.5, 0.6) is 0 Å². The van der Waals surface area contributed by atoms with E-state index in [0.717, 1.165) is 20.9 Å². The van der Waals surface area contributed by atoms with Crippen LogP contribution in [0.2, 0.25) is 0 Å². The molecular weight excluding hydrogens is 534 g/mol. The van der Waals surface area contributed by atoms with Gasteiger partial charge in [0, 0.05) is 23.6 Å². The van der Waals surface area contributed by atoms with E-state index in [0.29, 0.717) is 24.2 Å². The van der Waals surface area contributed by atoms with E-state index in [1.165, 1.54) is 45.2 Å². The topological polar surface area (TPSA) is 124 Å². The average Bonchev–Trinajstić information content (AvgIpc) is 3.28. The number of benzene rings is 1. The lowest BCUT2D eigenvalue weighted by Crippen LogP contribution is -2.53. The van der Waals surface area contributed by atoms with Crippen LogP contribution in [0.1, 0.15) is 44.1 Å². The zero-order chi connectivity index (χ0) is 23.1. The van der Waals surface area contributed by atoms with Crippen molar-refractivity contribution in [2.45, 2.75) is 57.0 Å². The summed E-state index contributed by atoms with van der Waals surface area (Å²) in [6, 6.07) is 4.74. The van der Waals surface area contributed by atoms with Crippen molar-refractivity contribution in [2.24, 2.45) is 0 Å². The molecule has 8 nitrogen and oxygen atoms in total. The molecule has 172 valence electrons. The second-order valence-electron chi connectivity index (χ2n) is 7.89. The summed E-state index contributed by atoms with van der Waals surface area (Å²) in [4.78, 5) is 35.8. The minimum atomic E-state index is -1.82. The predicted octanol–water partition coefficient (Wildman–Crippen LogP) is 3.36. The highest BCUT2D eigenvalue weighted by Gasteiger charge is 2.35. The Kier molecular flexibility index (Phi) is 9.77. The van der Waals surface area contributed by atoms with E-state index < -0.39 is 11.9 Å². The Morgan fingerprint density at radius 1 is 1.06 bits per heavy atom. The fourth-order valence-corrected chi connectivity index (χ4v) is 5.01. The number of rotatable bonds is 4. The molecule has 1 saturated carbocycles. The van der Waals surface area contributed by atoms with Gasteiger partial charge in [0.25, 0.3) is 0 Å². The second-order valence-corrected chi connectivity index (χ2v) is 9.54. The van der Waals surface area contributed by atoms with Gasteiger partial charge in [-0.2, -0.15) is 0 Å². The molecule has 2 fully saturated rings. The van der Waals surface area contributed by atoms with Gasteiger partial charge in [-0.15, -0.1) is 0 Å². The molecular formula is C21H29Br2N3O5. The fraction of sp³-hybridized carbons (Fsp3) is 0.571. The number of carboxylic acids is 2. The van der Waals surface area contributed by atoms with Gasteiger partial charge in [0.1, 0.15) is 0 Å². The number of nitrogen functional groups attached to an aromatic ring is 1. The Morgan fingerprint density at radius 2 is 1.65 bits per heavy atom. The maximum Gasteiger partial charge on any atom is 0.414 e. The second kappa shape index (κ2) is 11.8. The summed E-state index contributed by atoms with van der Waals surface area (Å²) in [5.74, 6) is -3.48. The lowest BCUT2D eigenvalue weighted by Gasteiger charge is -2.42. The highest BCUT2D eigenvalue weighted by atomic mass is 79.9. The van der Waals surface area contributed by atoms with Crippen LogP contribution in [-0.2, 0) is 20.8 Å². The maximum atomic E-state index is 12.9. The first-order valence-electron chi connectivity index (χ1n) is 10.3. The van der Waals surface area contributed by atoms with Crippen LogP contribution in [0.25, 0.3) is 0 Å². The minimum Gasteiger partial charge on any atom is -0.473 e. The number of hydrogen-bond acceptors (Lipinski definition) is 5. The number of anilines is 1. The molecule has 3 rings (SSSR count). The Morgan fingerprint density at radius 3 is 2.23 bits per heavy atom. The van der Waals surface area contributed by atoms with Crippen LogP contribution in [0.4, 0.5) is 5.69 Å². The predicted molar refractivity (Wildman–Crippen MR) is 125 cm³/mol. The molecule has 0 radical (unpaired) electrons. The Labute approximate surface area is 199 Å². The van der Waals surface area contributed by atoms with Gasteiger partial charge in [0.05, 0.1) is 16.6 Å². The van der Waals surface area contributed by atoms with Crippen LogP contribution in [0, 0.1) is 0 Å². The molecule has 1 saturated heterocycles. The lowest BCUT2D eigenvalue weighted by molar-refractivity contribution is -0.159. The molecule has 1 heterocycles. The first kappa shape index (κ1) is 25.6. The number of halogens is 2. The van der Waals surface area contributed by atoms with Crippen molar-refractivity contribution < 1.29 is 24.6 Å². The van der Waals surface area contributed by atoms with Crippen molar-refractivity contribution in [1.82, 2.24) is 9.80 Å². The van der Waals surface area contributed by atoms with Crippen LogP contribution < -0.4 is 5.73 Å². The number of carbonyl (C=O) groups is 3. The van der Waals surface area contributed by atoms with E-state index in [1.807, 2.05) is 24.1 Å². The van der Waals surface area contributed by atoms with Crippen molar-refractivity contribution in [3.8, 4) is 0 Å². The molecule has 0 aromatic heterocycles. The van der Waals surface area contributed by atoms with Crippen molar-refractivity contribution in [3.63, 3.8) is 0 Å². The minimum absolute atomic E-state index is 0.164. The van der Waals surface area contributed by atoms with E-state index >= 15 is 0 Å². The van der Waals surface area contributed by atoms with Crippen molar-refractivity contribution in [2.75, 3.05) is 25.9 Å². The van der Waals surface area contributed by atoms with Gasteiger partial charge < -0.3 is 20.8 Å². The van der Waals surface area contributed by atoms with Crippen LogP contribution >= 0.6 is 31.9 Å². The Bertz CT molecular complexity index is 802. The third-order valence-electron chi connectivity index (χ3n) is 5.94. The summed E-state index contributed by atoms with van der Waals surface area (Å²) in [5, 5.41) is 14.8. The number of nitrogens with two attached hydrogens (primary N) is 1. The maximum absolute atomic E-state index is 12.9. The monoisotopic (exact) mass is 561 g/mol. The number of aliphatic carboxylic acids is 2. The zero-order valence-electron chi connectivity index (χ0n) is 17.5. The summed E-state index contributed by atoms with van der Waals surface area (Å²) in [7, 11) is 1.98. The standard InChI is InChI=1S/C19H27Br2N3O.C2H2O4/c1-23(15-6-2-3-7-16(15)24-10-4-5-11-24)17(25)12-13-8-9-14(20)18(21)19(13)22;3-1(4)2(5)6/h8-9,15-16H,2-7,10-12,22H2,1H3;(H,3,4)(H,5,6)/t15-,16-;/m0./s1. The molecule has 0 unspecified atom stereocenters. The molecule has 4 N–H and O–H groups in total. The number of amides is 1. The molecule has 2 atom stereocenters. The smallest absolute Gasteiger partial charge is 0.414 e. The van der Waals surface area contributed by atoms with Gasteiger partial charge >= 0.3 is 11.9 Å². The van der Waals surface area contributed by atoms with Crippen LogP contribution in [0.3, 0.4) is 0 Å². The molecule has 1 aliphatic carbocycles. The molecule has 1 aromatic rings. The highest BCUT2D eigenvalue weighted by molar-refractivity contribution is 9.13. The summed E-state index contributed by atoms with van der Waals surface area (Å²) in [6.07, 6.45) is 7.79. The largest absolute Gasteiger partial charge is 0.473 e. The van der Waals surface area contributed by atoms with Gasteiger partial charge in [-0.1, -0.05) is 18.9 Å². The number of likely N-dealkylation sites (N-methyl/N-ethyl adjacent to an activating group) is 1. The average molecular weight is 563 g/mol. The summed E-state index contributed by atoms with van der Waals surface area (Å²) in [6.45, 7) is 2.38. The number of carbonyl (C=O) groups excluding carboxylic acids is 1. The van der Waals surface area contributed by atoms with Crippen molar-refractivity contribution in [3.05, 3.63) is 26.6 Å². The SMILES string of the molecule is CN(C(=O)Cc1ccc(Br)c(Br)c1N)[C@H]1CCCC[C@@H]1N1CCCC1.O=C(O)C(=O)O. The van der Waals surface area contributed by atoms with Gasteiger partial charge in [0.2, 0.25) is 5.91 Å². The molecule has 31 heavy (non-hydrogen) atoms. The molecule has 10 heteroatoms. The Balaban J connectivity index is 0.000000501. The fourth-order valence-electron chi connectivity index (χ4n) is 4.28. The third kappa shape index (κ3) is 6.92. The van der Waals surface area contributed by atoms with Crippen molar-refractivity contribution in [1.29, 1.82) is 0 Å². The summed E-state index contributed by atoms with van der Waals surface area (Å²) < 4.78 is 1.74. The van der Waals surface area contributed by atoms with Gasteiger partial charge in [-0.25, -0.2) is 9.59 Å². The molecule has 0 bridgehead atoms. The van der Waals surface area contributed by atoms with E-state index in [9.17, 15) is 4.79 Å². The van der Waals surface area contributed by atoms with Crippen LogP contribution in [-0.4, -0.2) is 70.1 Å². The number of nitrogens with zero attached hydrogens (tertiary/aromatic N) is 2. The van der Waals surface area contributed by atoms with E-state index in [-0.39, 0.29) is 5.91 Å². The zero-order valence-corrected chi connectivity index (χ0v) is 20.7.